The Morgan fingerprint density at radius 2 is 1.83 bits per heavy atom. The average molecular weight is 346 g/mol. The normalized spacial score (nSPS) is 19.2. The van der Waals surface area contributed by atoms with Crippen LogP contribution in [0.3, 0.4) is 0 Å². The van der Waals surface area contributed by atoms with Crippen LogP contribution in [-0.4, -0.2) is 39.5 Å². The number of methoxy groups -OCH3 is 1. The molecule has 128 valence electrons. The lowest BCUT2D eigenvalue weighted by Crippen LogP contribution is -2.48. The Balaban J connectivity index is 2.02. The molecule has 2 aromatic carbocycles. The van der Waals surface area contributed by atoms with E-state index in [-0.39, 0.29) is 6.04 Å². The predicted octanol–water partition coefficient (Wildman–Crippen LogP) is 2.34. The molecular formula is C18H22N2O3S. The van der Waals surface area contributed by atoms with Crippen LogP contribution >= 0.6 is 0 Å². The summed E-state index contributed by atoms with van der Waals surface area (Å²) in [5.41, 5.74) is 1.92. The van der Waals surface area contributed by atoms with Crippen LogP contribution in [0.1, 0.15) is 17.2 Å². The minimum absolute atomic E-state index is 0.291. The maximum Gasteiger partial charge on any atom is 0.243 e. The van der Waals surface area contributed by atoms with Crippen molar-refractivity contribution in [2.24, 2.45) is 0 Å². The lowest BCUT2D eigenvalue weighted by molar-refractivity contribution is 0.264. The molecular weight excluding hydrogens is 324 g/mol. The summed E-state index contributed by atoms with van der Waals surface area (Å²) in [5, 5.41) is 3.29. The molecule has 2 aromatic rings. The molecule has 1 saturated heterocycles. The monoisotopic (exact) mass is 346 g/mol. The van der Waals surface area contributed by atoms with Gasteiger partial charge in [0.2, 0.25) is 10.0 Å². The van der Waals surface area contributed by atoms with Crippen LogP contribution in [0.15, 0.2) is 53.4 Å². The number of hydrogen-bond donors (Lipinski definition) is 1. The van der Waals surface area contributed by atoms with Crippen molar-refractivity contribution in [2.45, 2.75) is 17.9 Å². The molecule has 3 rings (SSSR count). The van der Waals surface area contributed by atoms with Gasteiger partial charge in [-0.25, -0.2) is 8.42 Å². The van der Waals surface area contributed by atoms with Gasteiger partial charge in [0.1, 0.15) is 5.75 Å². The van der Waals surface area contributed by atoms with E-state index in [4.69, 9.17) is 4.74 Å². The summed E-state index contributed by atoms with van der Waals surface area (Å²) in [6.45, 7) is 3.57. The first-order valence-corrected chi connectivity index (χ1v) is 9.40. The van der Waals surface area contributed by atoms with E-state index >= 15 is 0 Å². The molecule has 1 atom stereocenters. The molecule has 0 radical (unpaired) electrons. The number of aryl methyl sites for hydroxylation is 1. The van der Waals surface area contributed by atoms with Crippen LogP contribution in [0, 0.1) is 6.92 Å². The molecule has 1 fully saturated rings. The zero-order valence-electron chi connectivity index (χ0n) is 13.9. The number of para-hydroxylation sites is 1. The maximum absolute atomic E-state index is 13.1. The molecule has 1 N–H and O–H groups in total. The third kappa shape index (κ3) is 3.17. The number of sulfonamides is 1. The van der Waals surface area contributed by atoms with Crippen molar-refractivity contribution in [3.63, 3.8) is 0 Å². The number of ether oxygens (including phenoxy) is 1. The van der Waals surface area contributed by atoms with Crippen molar-refractivity contribution in [1.29, 1.82) is 0 Å². The first kappa shape index (κ1) is 17.0. The summed E-state index contributed by atoms with van der Waals surface area (Å²) in [6, 6.07) is 14.3. The summed E-state index contributed by atoms with van der Waals surface area (Å²) < 4.78 is 33.3. The first-order chi connectivity index (χ1) is 11.5. The van der Waals surface area contributed by atoms with Gasteiger partial charge < -0.3 is 10.1 Å². The van der Waals surface area contributed by atoms with Crippen molar-refractivity contribution in [3.05, 3.63) is 59.7 Å². The van der Waals surface area contributed by atoms with Gasteiger partial charge in [-0.15, -0.1) is 0 Å². The number of benzene rings is 2. The molecule has 6 heteroatoms. The highest BCUT2D eigenvalue weighted by atomic mass is 32.2. The fraction of sp³-hybridized carbons (Fsp3) is 0.333. The van der Waals surface area contributed by atoms with E-state index in [1.165, 1.54) is 0 Å². The van der Waals surface area contributed by atoms with Crippen LogP contribution in [0.2, 0.25) is 0 Å². The summed E-state index contributed by atoms with van der Waals surface area (Å²) in [7, 11) is -1.96. The fourth-order valence-corrected chi connectivity index (χ4v) is 4.63. The van der Waals surface area contributed by atoms with Gasteiger partial charge in [0.05, 0.1) is 18.0 Å². The maximum atomic E-state index is 13.1. The Bertz CT molecular complexity index is 803. The molecule has 0 aromatic heterocycles. The van der Waals surface area contributed by atoms with Crippen molar-refractivity contribution in [1.82, 2.24) is 9.62 Å². The molecule has 24 heavy (non-hydrogen) atoms. The average Bonchev–Trinajstić information content (AvgIpc) is 2.62. The van der Waals surface area contributed by atoms with Crippen LogP contribution in [0.4, 0.5) is 0 Å². The molecule has 1 unspecified atom stereocenters. The lowest BCUT2D eigenvalue weighted by atomic mass is 10.0. The van der Waals surface area contributed by atoms with E-state index in [0.717, 1.165) is 11.1 Å². The molecule has 1 heterocycles. The number of rotatable bonds is 4. The van der Waals surface area contributed by atoms with Gasteiger partial charge >= 0.3 is 0 Å². The van der Waals surface area contributed by atoms with Crippen molar-refractivity contribution in [2.75, 3.05) is 26.7 Å². The Morgan fingerprint density at radius 3 is 2.54 bits per heavy atom. The smallest absolute Gasteiger partial charge is 0.243 e. The van der Waals surface area contributed by atoms with Gasteiger partial charge in [0.15, 0.2) is 0 Å². The highest BCUT2D eigenvalue weighted by Gasteiger charge is 2.35. The molecule has 5 nitrogen and oxygen atoms in total. The van der Waals surface area contributed by atoms with Crippen LogP contribution in [0.25, 0.3) is 0 Å². The molecule has 0 aliphatic carbocycles. The quantitative estimate of drug-likeness (QED) is 0.923. The fourth-order valence-electron chi connectivity index (χ4n) is 3.03. The molecule has 0 bridgehead atoms. The van der Waals surface area contributed by atoms with E-state index in [0.29, 0.717) is 30.3 Å². The Kier molecular flexibility index (Phi) is 4.89. The SMILES string of the molecule is COc1ccccc1C1CNCCN1S(=O)(=O)c1ccc(C)cc1. The van der Waals surface area contributed by atoms with E-state index in [1.54, 1.807) is 23.5 Å². The summed E-state index contributed by atoms with van der Waals surface area (Å²) in [5.74, 6) is 0.704. The largest absolute Gasteiger partial charge is 0.496 e. The molecule has 1 aliphatic heterocycles. The Hall–Kier alpha value is -1.89. The van der Waals surface area contributed by atoms with Crippen LogP contribution in [-0.2, 0) is 10.0 Å². The lowest BCUT2D eigenvalue weighted by Gasteiger charge is -2.36. The second-order valence-corrected chi connectivity index (χ2v) is 7.78. The highest BCUT2D eigenvalue weighted by molar-refractivity contribution is 7.89. The van der Waals surface area contributed by atoms with E-state index in [2.05, 4.69) is 5.32 Å². The van der Waals surface area contributed by atoms with Gasteiger partial charge in [-0.05, 0) is 25.1 Å². The van der Waals surface area contributed by atoms with Gasteiger partial charge in [-0.3, -0.25) is 0 Å². The Morgan fingerprint density at radius 1 is 1.12 bits per heavy atom. The minimum Gasteiger partial charge on any atom is -0.496 e. The Labute approximate surface area is 143 Å². The number of piperazine rings is 1. The second kappa shape index (κ2) is 6.93. The number of hydrogen-bond acceptors (Lipinski definition) is 4. The van der Waals surface area contributed by atoms with Gasteiger partial charge in [-0.2, -0.15) is 4.31 Å². The van der Waals surface area contributed by atoms with Crippen LogP contribution in [0.5, 0.6) is 5.75 Å². The summed E-state index contributed by atoms with van der Waals surface area (Å²) >= 11 is 0. The zero-order chi connectivity index (χ0) is 17.2. The second-order valence-electron chi connectivity index (χ2n) is 5.89. The molecule has 0 saturated carbocycles. The van der Waals surface area contributed by atoms with Gasteiger partial charge in [0, 0.05) is 25.2 Å². The van der Waals surface area contributed by atoms with Crippen molar-refractivity contribution in [3.8, 4) is 5.75 Å². The zero-order valence-corrected chi connectivity index (χ0v) is 14.7. The topological polar surface area (TPSA) is 58.6 Å². The minimum atomic E-state index is -3.56. The predicted molar refractivity (Wildman–Crippen MR) is 93.7 cm³/mol. The van der Waals surface area contributed by atoms with Crippen molar-refractivity contribution < 1.29 is 13.2 Å². The highest BCUT2D eigenvalue weighted by Crippen LogP contribution is 2.33. The molecule has 0 spiro atoms. The van der Waals surface area contributed by atoms with Crippen LogP contribution < -0.4 is 10.1 Å². The van der Waals surface area contributed by atoms with Gasteiger partial charge in [0.25, 0.3) is 0 Å². The summed E-state index contributed by atoms with van der Waals surface area (Å²) in [4.78, 5) is 0.329. The van der Waals surface area contributed by atoms with E-state index in [1.807, 2.05) is 43.3 Å². The standard InChI is InChI=1S/C18H22N2O3S/c1-14-7-9-15(10-8-14)24(21,22)20-12-11-19-13-17(20)16-5-3-4-6-18(16)23-2/h3-10,17,19H,11-13H2,1-2H3. The van der Waals surface area contributed by atoms with Gasteiger partial charge in [-0.1, -0.05) is 35.9 Å². The number of nitrogens with one attached hydrogen (secondary N) is 1. The third-order valence-electron chi connectivity index (χ3n) is 4.32. The first-order valence-electron chi connectivity index (χ1n) is 7.96. The van der Waals surface area contributed by atoms with Crippen molar-refractivity contribution >= 4 is 10.0 Å². The molecule has 1 aliphatic rings. The number of nitrogens with zero attached hydrogens (tertiary/aromatic N) is 1. The van der Waals surface area contributed by atoms with E-state index in [9.17, 15) is 8.42 Å². The summed E-state index contributed by atoms with van der Waals surface area (Å²) in [6.07, 6.45) is 0. The third-order valence-corrected chi connectivity index (χ3v) is 6.24. The van der Waals surface area contributed by atoms with E-state index < -0.39 is 10.0 Å². The molecule has 0 amide bonds.